The molecule has 6 atom stereocenters. The molecule has 63 heavy (non-hydrogen) atoms. The molecule has 3 aromatic carbocycles. The number of aromatic nitrogens is 1. The largest absolute Gasteiger partial charge is 0.504 e. The van der Waals surface area contributed by atoms with E-state index in [1.165, 1.54) is 11.1 Å². The number of nitrogens with zero attached hydrogens (tertiary/aromatic N) is 1. The quantitative estimate of drug-likeness (QED) is 0.0996. The van der Waals surface area contributed by atoms with E-state index in [4.69, 9.17) is 18.9 Å². The van der Waals surface area contributed by atoms with E-state index in [0.29, 0.717) is 38.8 Å². The zero-order valence-corrected chi connectivity index (χ0v) is 40.0. The molecule has 0 radical (unpaired) electrons. The summed E-state index contributed by atoms with van der Waals surface area (Å²) in [6.45, 7) is 23.8. The summed E-state index contributed by atoms with van der Waals surface area (Å²) in [4.78, 5) is 16.9. The van der Waals surface area contributed by atoms with Gasteiger partial charge in [0.2, 0.25) is 0 Å². The predicted octanol–water partition coefficient (Wildman–Crippen LogP) is 12.5. The second-order valence-corrected chi connectivity index (χ2v) is 19.5. The number of rotatable bonds is 11. The number of benzene rings is 3. The van der Waals surface area contributed by atoms with Crippen LogP contribution in [0.25, 0.3) is 10.8 Å². The minimum atomic E-state index is -0.641. The van der Waals surface area contributed by atoms with Gasteiger partial charge in [-0.25, -0.2) is 0 Å². The lowest BCUT2D eigenvalue weighted by molar-refractivity contribution is -0.177. The summed E-state index contributed by atoms with van der Waals surface area (Å²) in [5.41, 5.74) is 6.10. The number of hydrogen-bond donors (Lipinski definition) is 3. The van der Waals surface area contributed by atoms with E-state index in [1.54, 1.807) is 0 Å². The van der Waals surface area contributed by atoms with Crippen molar-refractivity contribution in [2.24, 2.45) is 27.6 Å². The number of phenolic OH excluding ortho intramolecular Hbond substituents is 2. The minimum Gasteiger partial charge on any atom is -0.504 e. The Morgan fingerprint density at radius 1 is 0.762 bits per heavy atom. The molecule has 0 bridgehead atoms. The molecule has 4 aliphatic rings. The third kappa shape index (κ3) is 8.21. The van der Waals surface area contributed by atoms with Gasteiger partial charge in [0, 0.05) is 23.4 Å². The number of halogens is 1. The number of carboxylic acid groups (broad SMARTS) is 1. The normalized spacial score (nSPS) is 28.0. The first-order valence-electron chi connectivity index (χ1n) is 23.0. The fourth-order valence-electron chi connectivity index (χ4n) is 12.2. The van der Waals surface area contributed by atoms with Gasteiger partial charge in [-0.15, -0.1) is 12.4 Å². The fourth-order valence-corrected chi connectivity index (χ4v) is 12.2. The van der Waals surface area contributed by atoms with Crippen molar-refractivity contribution in [1.29, 1.82) is 0 Å². The molecule has 3 fully saturated rings. The van der Waals surface area contributed by atoms with Crippen LogP contribution in [0.4, 0.5) is 0 Å². The van der Waals surface area contributed by atoms with Crippen molar-refractivity contribution >= 4 is 29.1 Å². The number of aliphatic carboxylic acids is 1. The summed E-state index contributed by atoms with van der Waals surface area (Å²) in [5, 5.41) is 33.1. The number of carboxylic acids is 1. The van der Waals surface area contributed by atoms with Gasteiger partial charge >= 0.3 is 5.97 Å². The first-order chi connectivity index (χ1) is 29.4. The van der Waals surface area contributed by atoms with E-state index >= 15 is 0 Å². The van der Waals surface area contributed by atoms with Crippen LogP contribution >= 0.6 is 12.4 Å². The van der Waals surface area contributed by atoms with E-state index in [0.717, 1.165) is 108 Å². The average Bonchev–Trinajstić information content (AvgIpc) is 3.24. The highest BCUT2D eigenvalue weighted by atomic mass is 35.5. The van der Waals surface area contributed by atoms with Crippen molar-refractivity contribution in [3.05, 3.63) is 88.3 Å². The Bertz CT molecular complexity index is 2380. The minimum absolute atomic E-state index is 0. The molecule has 10 heteroatoms. The molecule has 4 aromatic rings. The molecule has 6 unspecified atom stereocenters. The summed E-state index contributed by atoms with van der Waals surface area (Å²) in [5.74, 6) is 2.76. The summed E-state index contributed by atoms with van der Waals surface area (Å²) in [7, 11) is 0. The topological polar surface area (TPSA) is 128 Å². The van der Waals surface area contributed by atoms with Gasteiger partial charge in [-0.05, 0) is 179 Å². The second kappa shape index (κ2) is 18.1. The number of fused-ring (bicyclic) bond motifs is 8. The van der Waals surface area contributed by atoms with E-state index in [-0.39, 0.29) is 45.6 Å². The molecule has 9 nitrogen and oxygen atoms in total. The van der Waals surface area contributed by atoms with Gasteiger partial charge in [0.05, 0.1) is 37.5 Å². The number of hydrogen-bond acceptors (Lipinski definition) is 8. The zero-order chi connectivity index (χ0) is 44.8. The molecule has 8 rings (SSSR count). The van der Waals surface area contributed by atoms with Crippen LogP contribution in [-0.4, -0.2) is 52.7 Å². The van der Waals surface area contributed by atoms with Crippen molar-refractivity contribution < 1.29 is 39.1 Å². The van der Waals surface area contributed by atoms with Crippen LogP contribution < -0.4 is 18.9 Å². The van der Waals surface area contributed by atoms with Gasteiger partial charge in [0.15, 0.2) is 34.5 Å². The molecular weight excluding hydrogens is 814 g/mol. The second-order valence-electron chi connectivity index (χ2n) is 19.5. The van der Waals surface area contributed by atoms with Crippen LogP contribution in [0.1, 0.15) is 135 Å². The SMILES string of the molecule is CCOc1ccc(Cc2nccc3cc(OCC)c(OCC)cc23)cc1OCC.Cc1c(O)c(O)cc2c1CC=C1C2(C)CCC2(C)C3CC(C)(C(=O)O)CCC3(C)CCC12C.Cl. The molecule has 0 saturated heterocycles. The van der Waals surface area contributed by atoms with Gasteiger partial charge < -0.3 is 34.3 Å². The van der Waals surface area contributed by atoms with Crippen LogP contribution in [0.2, 0.25) is 0 Å². The lowest BCUT2D eigenvalue weighted by Gasteiger charge is -2.69. The van der Waals surface area contributed by atoms with Gasteiger partial charge in [-0.2, -0.15) is 0 Å². The van der Waals surface area contributed by atoms with Gasteiger partial charge in [-0.3, -0.25) is 9.78 Å². The van der Waals surface area contributed by atoms with Gasteiger partial charge in [0.25, 0.3) is 0 Å². The van der Waals surface area contributed by atoms with Crippen LogP contribution in [0.15, 0.2) is 60.3 Å². The Hall–Kier alpha value is -4.63. The van der Waals surface area contributed by atoms with Crippen LogP contribution in [0.5, 0.6) is 34.5 Å². The number of ether oxygens (including phenoxy) is 4. The summed E-state index contributed by atoms with van der Waals surface area (Å²) < 4.78 is 23.0. The van der Waals surface area contributed by atoms with Crippen LogP contribution in [-0.2, 0) is 23.1 Å². The van der Waals surface area contributed by atoms with Crippen LogP contribution in [0, 0.1) is 34.5 Å². The molecule has 1 heterocycles. The van der Waals surface area contributed by atoms with E-state index in [9.17, 15) is 20.1 Å². The zero-order valence-electron chi connectivity index (χ0n) is 39.2. The summed E-state index contributed by atoms with van der Waals surface area (Å²) >= 11 is 0. The lowest BCUT2D eigenvalue weighted by atomic mass is 9.34. The standard InChI is InChI=1S/C29H40O4.C24H29NO4.ClH/c1-17-18-7-8-21-27(4,19(18)15-20(30)23(17)31)12-14-29(6)22-16-26(3,24(32)33)10-9-25(22,2)11-13-28(21,29)5;1-5-26-21-10-9-17(14-22(21)27-6-2)13-20-19-16-24(29-8-4)23(28-7-3)15-18(19)11-12-25-20;/h8,15,22,30-31H,7,9-14,16H2,1-6H3,(H,32,33);9-12,14-16H,5-8,13H2,1-4H3;1H. The van der Waals surface area contributed by atoms with Gasteiger partial charge in [-0.1, -0.05) is 45.4 Å². The Morgan fingerprint density at radius 3 is 2.03 bits per heavy atom. The Labute approximate surface area is 381 Å². The first kappa shape index (κ1) is 47.8. The molecule has 0 aliphatic heterocycles. The third-order valence-electron chi connectivity index (χ3n) is 16.1. The van der Waals surface area contributed by atoms with Crippen molar-refractivity contribution in [1.82, 2.24) is 4.98 Å². The molecule has 4 aliphatic carbocycles. The highest BCUT2D eigenvalue weighted by molar-refractivity contribution is 5.88. The molecule has 3 N–H and O–H groups in total. The number of aromatic hydroxyl groups is 2. The number of carbonyl (C=O) groups is 1. The first-order valence-corrected chi connectivity index (χ1v) is 23.0. The molecule has 1 aromatic heterocycles. The van der Waals surface area contributed by atoms with Crippen molar-refractivity contribution in [2.75, 3.05) is 26.4 Å². The fraction of sp³-hybridized carbons (Fsp3) is 0.547. The van der Waals surface area contributed by atoms with Crippen molar-refractivity contribution in [3.63, 3.8) is 0 Å². The lowest BCUT2D eigenvalue weighted by Crippen LogP contribution is -2.62. The summed E-state index contributed by atoms with van der Waals surface area (Å²) in [6.07, 6.45) is 12.6. The number of pyridine rings is 1. The molecule has 342 valence electrons. The Balaban J connectivity index is 0.000000208. The average molecular weight is 885 g/mol. The Kier molecular flexibility index (Phi) is 13.7. The molecular formula is C53H70ClNO8. The molecule has 0 amide bonds. The highest BCUT2D eigenvalue weighted by Gasteiger charge is 2.67. The number of allylic oxidation sites excluding steroid dienone is 2. The van der Waals surface area contributed by atoms with Gasteiger partial charge in [0.1, 0.15) is 0 Å². The maximum absolute atomic E-state index is 12.3. The monoisotopic (exact) mass is 883 g/mol. The van der Waals surface area contributed by atoms with Crippen LogP contribution in [0.3, 0.4) is 0 Å². The molecule has 3 saturated carbocycles. The highest BCUT2D eigenvalue weighted by Crippen LogP contribution is 2.74. The maximum atomic E-state index is 12.3. The smallest absolute Gasteiger partial charge is 0.309 e. The van der Waals surface area contributed by atoms with E-state index in [2.05, 4.69) is 44.8 Å². The van der Waals surface area contributed by atoms with E-state index < -0.39 is 11.4 Å². The van der Waals surface area contributed by atoms with Crippen molar-refractivity contribution in [2.45, 2.75) is 132 Å². The molecule has 0 spiro atoms. The predicted molar refractivity (Wildman–Crippen MR) is 252 cm³/mol. The summed E-state index contributed by atoms with van der Waals surface area (Å²) in [6, 6.07) is 13.9. The van der Waals surface area contributed by atoms with Crippen molar-refractivity contribution in [3.8, 4) is 34.5 Å². The van der Waals surface area contributed by atoms with E-state index in [1.807, 2.05) is 84.1 Å². The number of phenols is 2. The Morgan fingerprint density at radius 2 is 1.38 bits per heavy atom. The maximum Gasteiger partial charge on any atom is 0.309 e. The third-order valence-corrected chi connectivity index (χ3v) is 16.1.